The van der Waals surface area contributed by atoms with Crippen LogP contribution in [-0.2, 0) is 19.6 Å². The highest BCUT2D eigenvalue weighted by Gasteiger charge is 2.45. The number of hydrogen-bond donors (Lipinski definition) is 1. The Morgan fingerprint density at radius 2 is 1.61 bits per heavy atom. The molecule has 0 bridgehead atoms. The molecule has 8 heteroatoms. The summed E-state index contributed by atoms with van der Waals surface area (Å²) < 4.78 is 34.9. The standard InChI is InChI=1S/C28H27NO6S/c1-18-11-13-20(14-12-18)24-16-15-23(27(30)31)26(21-8-6-7-19(2)17-21)29(24)36(33,34)25-10-5-4-9-22(25)28(32)35-3/h4-15,17,24,26H,16H2,1-3H3,(H,30,31)/t24-,26-/m0/s1. The predicted octanol–water partition coefficient (Wildman–Crippen LogP) is 4.98. The van der Waals surface area contributed by atoms with Gasteiger partial charge in [0.15, 0.2) is 0 Å². The summed E-state index contributed by atoms with van der Waals surface area (Å²) in [6, 6.07) is 18.6. The van der Waals surface area contributed by atoms with E-state index in [1.807, 2.05) is 44.2 Å². The van der Waals surface area contributed by atoms with Crippen molar-refractivity contribution in [2.45, 2.75) is 37.2 Å². The lowest BCUT2D eigenvalue weighted by Gasteiger charge is -2.41. The molecular formula is C28H27NO6S. The first-order chi connectivity index (χ1) is 17.1. The molecule has 1 N–H and O–H groups in total. The average molecular weight is 506 g/mol. The Balaban J connectivity index is 2.02. The van der Waals surface area contributed by atoms with Gasteiger partial charge in [-0.25, -0.2) is 18.0 Å². The fraction of sp³-hybridized carbons (Fsp3) is 0.214. The highest BCUT2D eigenvalue weighted by atomic mass is 32.2. The minimum atomic E-state index is -4.40. The summed E-state index contributed by atoms with van der Waals surface area (Å²) in [5.74, 6) is -2.00. The SMILES string of the molecule is COC(=O)c1ccccc1S(=O)(=O)N1[C@@H](c2cccc(C)c2)C(C(=O)O)=CC[C@H]1c1ccc(C)cc1. The number of carbonyl (C=O) groups excluding carboxylic acids is 1. The molecule has 1 aliphatic heterocycles. The van der Waals surface area contributed by atoms with Crippen LogP contribution in [0.25, 0.3) is 0 Å². The molecule has 0 saturated carbocycles. The van der Waals surface area contributed by atoms with Crippen LogP contribution >= 0.6 is 0 Å². The number of nitrogens with zero attached hydrogens (tertiary/aromatic N) is 1. The topological polar surface area (TPSA) is 101 Å². The lowest BCUT2D eigenvalue weighted by molar-refractivity contribution is -0.133. The highest BCUT2D eigenvalue weighted by Crippen LogP contribution is 2.46. The van der Waals surface area contributed by atoms with Crippen molar-refractivity contribution in [3.63, 3.8) is 0 Å². The Hall–Kier alpha value is -3.75. The number of carbonyl (C=O) groups is 2. The van der Waals surface area contributed by atoms with Crippen molar-refractivity contribution < 1.29 is 27.9 Å². The molecule has 1 heterocycles. The van der Waals surface area contributed by atoms with Gasteiger partial charge in [-0.2, -0.15) is 4.31 Å². The molecule has 4 rings (SSSR count). The fourth-order valence-corrected chi connectivity index (χ4v) is 6.57. The number of aryl methyl sites for hydroxylation is 2. The number of esters is 1. The second-order valence-electron chi connectivity index (χ2n) is 8.77. The summed E-state index contributed by atoms with van der Waals surface area (Å²) in [4.78, 5) is 24.7. The smallest absolute Gasteiger partial charge is 0.339 e. The maximum Gasteiger partial charge on any atom is 0.339 e. The molecule has 3 aromatic carbocycles. The molecule has 0 saturated heterocycles. The molecule has 0 fully saturated rings. The number of methoxy groups -OCH3 is 1. The second kappa shape index (κ2) is 10.1. The molecular weight excluding hydrogens is 478 g/mol. The third-order valence-corrected chi connectivity index (χ3v) is 8.26. The molecule has 186 valence electrons. The normalized spacial score (nSPS) is 18.4. The molecule has 0 aromatic heterocycles. The lowest BCUT2D eigenvalue weighted by atomic mass is 9.88. The minimum Gasteiger partial charge on any atom is -0.478 e. The number of sulfonamides is 1. The molecule has 3 aromatic rings. The van der Waals surface area contributed by atoms with Crippen molar-refractivity contribution in [1.29, 1.82) is 0 Å². The first kappa shape index (κ1) is 25.3. The Morgan fingerprint density at radius 1 is 0.917 bits per heavy atom. The van der Waals surface area contributed by atoms with Crippen molar-refractivity contribution in [3.05, 3.63) is 112 Å². The number of aliphatic carboxylic acids is 1. The van der Waals surface area contributed by atoms with Crippen LogP contribution in [0.15, 0.2) is 89.3 Å². The summed E-state index contributed by atoms with van der Waals surface area (Å²) in [6.07, 6.45) is 1.75. The molecule has 0 amide bonds. The highest BCUT2D eigenvalue weighted by molar-refractivity contribution is 7.89. The summed E-state index contributed by atoms with van der Waals surface area (Å²) in [7, 11) is -3.22. The Labute approximate surface area is 210 Å². The Bertz CT molecular complexity index is 1440. The van der Waals surface area contributed by atoms with Gasteiger partial charge in [-0.1, -0.05) is 77.9 Å². The molecule has 0 unspecified atom stereocenters. The van der Waals surface area contributed by atoms with E-state index >= 15 is 0 Å². The van der Waals surface area contributed by atoms with E-state index in [2.05, 4.69) is 0 Å². The Morgan fingerprint density at radius 3 is 2.25 bits per heavy atom. The van der Waals surface area contributed by atoms with Crippen molar-refractivity contribution in [3.8, 4) is 0 Å². The monoisotopic (exact) mass is 505 g/mol. The molecule has 0 aliphatic carbocycles. The van der Waals surface area contributed by atoms with Crippen LogP contribution in [0.2, 0.25) is 0 Å². The fourth-order valence-electron chi connectivity index (χ4n) is 4.60. The van der Waals surface area contributed by atoms with Crippen LogP contribution in [0.3, 0.4) is 0 Å². The maximum atomic E-state index is 14.4. The van der Waals surface area contributed by atoms with E-state index in [0.29, 0.717) is 5.56 Å². The number of carboxylic acid groups (broad SMARTS) is 1. The summed E-state index contributed by atoms with van der Waals surface area (Å²) in [5.41, 5.74) is 2.97. The van der Waals surface area contributed by atoms with Crippen LogP contribution in [0.1, 0.15) is 51.1 Å². The van der Waals surface area contributed by atoms with Gasteiger partial charge in [-0.3, -0.25) is 0 Å². The van der Waals surface area contributed by atoms with Crippen molar-refractivity contribution >= 4 is 22.0 Å². The molecule has 0 spiro atoms. The zero-order valence-electron chi connectivity index (χ0n) is 20.2. The van der Waals surface area contributed by atoms with Crippen LogP contribution in [-0.4, -0.2) is 36.9 Å². The van der Waals surface area contributed by atoms with Crippen molar-refractivity contribution in [1.82, 2.24) is 4.31 Å². The zero-order chi connectivity index (χ0) is 26.0. The predicted molar refractivity (Wildman–Crippen MR) is 135 cm³/mol. The number of carboxylic acids is 1. The summed E-state index contributed by atoms with van der Waals surface area (Å²) in [6.45, 7) is 3.79. The van der Waals surface area contributed by atoms with Crippen LogP contribution < -0.4 is 0 Å². The van der Waals surface area contributed by atoms with Gasteiger partial charge in [-0.15, -0.1) is 0 Å². The second-order valence-corrected chi connectivity index (χ2v) is 10.6. The van der Waals surface area contributed by atoms with Gasteiger partial charge in [0.05, 0.1) is 35.2 Å². The number of benzene rings is 3. The zero-order valence-corrected chi connectivity index (χ0v) is 21.0. The number of ether oxygens (including phenoxy) is 1. The van der Waals surface area contributed by atoms with Crippen LogP contribution in [0.4, 0.5) is 0 Å². The Kier molecular flexibility index (Phi) is 7.10. The van der Waals surface area contributed by atoms with E-state index in [1.165, 1.54) is 29.6 Å². The third-order valence-electron chi connectivity index (χ3n) is 6.33. The summed E-state index contributed by atoms with van der Waals surface area (Å²) in [5, 5.41) is 10.1. The van der Waals surface area contributed by atoms with E-state index in [1.54, 1.807) is 30.3 Å². The van der Waals surface area contributed by atoms with E-state index in [9.17, 15) is 23.1 Å². The quantitative estimate of drug-likeness (QED) is 0.474. The lowest BCUT2D eigenvalue weighted by Crippen LogP contribution is -2.43. The van der Waals surface area contributed by atoms with Gasteiger partial charge < -0.3 is 9.84 Å². The molecule has 7 nitrogen and oxygen atoms in total. The largest absolute Gasteiger partial charge is 0.478 e. The average Bonchev–Trinajstić information content (AvgIpc) is 2.87. The van der Waals surface area contributed by atoms with Crippen molar-refractivity contribution in [2.75, 3.05) is 7.11 Å². The van der Waals surface area contributed by atoms with Gasteiger partial charge in [0.1, 0.15) is 0 Å². The van der Waals surface area contributed by atoms with Crippen molar-refractivity contribution in [2.24, 2.45) is 0 Å². The van der Waals surface area contributed by atoms with E-state index in [-0.39, 0.29) is 22.5 Å². The molecule has 0 radical (unpaired) electrons. The maximum absolute atomic E-state index is 14.4. The van der Waals surface area contributed by atoms with Gasteiger partial charge in [-0.05, 0) is 43.5 Å². The molecule has 36 heavy (non-hydrogen) atoms. The van der Waals surface area contributed by atoms with E-state index in [4.69, 9.17) is 4.74 Å². The van der Waals surface area contributed by atoms with Gasteiger partial charge in [0.2, 0.25) is 10.0 Å². The van der Waals surface area contributed by atoms with Crippen LogP contribution in [0.5, 0.6) is 0 Å². The van der Waals surface area contributed by atoms with E-state index in [0.717, 1.165) is 16.7 Å². The van der Waals surface area contributed by atoms with Crippen LogP contribution in [0, 0.1) is 13.8 Å². The van der Waals surface area contributed by atoms with E-state index < -0.39 is 34.0 Å². The first-order valence-electron chi connectivity index (χ1n) is 11.4. The van der Waals surface area contributed by atoms with Gasteiger partial charge >= 0.3 is 11.9 Å². The van der Waals surface area contributed by atoms with Gasteiger partial charge in [0, 0.05) is 0 Å². The number of hydrogen-bond acceptors (Lipinski definition) is 5. The number of rotatable bonds is 6. The third kappa shape index (κ3) is 4.69. The first-order valence-corrected chi connectivity index (χ1v) is 12.9. The summed E-state index contributed by atoms with van der Waals surface area (Å²) >= 11 is 0. The molecule has 1 aliphatic rings. The van der Waals surface area contributed by atoms with Gasteiger partial charge in [0.25, 0.3) is 0 Å². The minimum absolute atomic E-state index is 0.0388. The molecule has 2 atom stereocenters.